The first-order valence-corrected chi connectivity index (χ1v) is 12.4. The molecule has 1 atom stereocenters. The fourth-order valence-corrected chi connectivity index (χ4v) is 4.76. The minimum Gasteiger partial charge on any atom is -0.329 e. The van der Waals surface area contributed by atoms with Gasteiger partial charge in [0.25, 0.3) is 0 Å². The summed E-state index contributed by atoms with van der Waals surface area (Å²) >= 11 is 0. The predicted molar refractivity (Wildman–Crippen MR) is 146 cm³/mol. The standard InChI is InChI=1S/C23H26N4.C6H8N2O/c1-6-19(24-7-2)13-16(3)14-20-22(18-11-9-8-10-12-18)21-17(4)25-15-26-23(21)27(20)5;7-4-6-2-1-3-8(6)5-9/h1,7,11,13-15H,8-10,12H2,2-5H3;5-6H,1-3H2/b16-14+,19-13-,24-7?;. The van der Waals surface area contributed by atoms with Gasteiger partial charge >= 0.3 is 0 Å². The van der Waals surface area contributed by atoms with Crippen LogP contribution in [0.15, 0.2) is 34.7 Å². The summed E-state index contributed by atoms with van der Waals surface area (Å²) < 4.78 is 2.16. The number of likely N-dealkylation sites (tertiary alicyclic amines) is 1. The van der Waals surface area contributed by atoms with Gasteiger partial charge in [-0.15, -0.1) is 6.42 Å². The summed E-state index contributed by atoms with van der Waals surface area (Å²) in [5.41, 5.74) is 7.48. The first kappa shape index (κ1) is 26.6. The number of hydrogen-bond donors (Lipinski definition) is 0. The van der Waals surface area contributed by atoms with Crippen LogP contribution in [0.2, 0.25) is 0 Å². The molecule has 7 nitrogen and oxygen atoms in total. The molecule has 0 radical (unpaired) electrons. The van der Waals surface area contributed by atoms with Gasteiger partial charge in [0.15, 0.2) is 0 Å². The summed E-state index contributed by atoms with van der Waals surface area (Å²) in [5, 5.41) is 9.57. The molecule has 1 aliphatic carbocycles. The van der Waals surface area contributed by atoms with Crippen molar-refractivity contribution in [3.05, 3.63) is 46.7 Å². The number of aromatic nitrogens is 3. The minimum atomic E-state index is -0.150. The van der Waals surface area contributed by atoms with E-state index in [1.807, 2.05) is 13.0 Å². The molecule has 36 heavy (non-hydrogen) atoms. The molecule has 0 saturated carbocycles. The van der Waals surface area contributed by atoms with Crippen LogP contribution in [0.25, 0.3) is 22.7 Å². The second-order valence-corrected chi connectivity index (χ2v) is 9.03. The van der Waals surface area contributed by atoms with Crippen molar-refractivity contribution >= 4 is 35.3 Å². The molecule has 3 heterocycles. The van der Waals surface area contributed by atoms with Crippen LogP contribution >= 0.6 is 0 Å². The lowest BCUT2D eigenvalue weighted by Crippen LogP contribution is -2.25. The highest BCUT2D eigenvalue weighted by Crippen LogP contribution is 2.37. The number of fused-ring (bicyclic) bond motifs is 1. The van der Waals surface area contributed by atoms with Gasteiger partial charge in [0.1, 0.15) is 23.7 Å². The predicted octanol–water partition coefficient (Wildman–Crippen LogP) is 5.38. The summed E-state index contributed by atoms with van der Waals surface area (Å²) in [6.07, 6.45) is 22.7. The van der Waals surface area contributed by atoms with Crippen molar-refractivity contribution in [1.29, 1.82) is 5.26 Å². The number of carbonyl (C=O) groups excluding carboxylic acids is 1. The quantitative estimate of drug-likeness (QED) is 0.248. The first-order chi connectivity index (χ1) is 17.4. The summed E-state index contributed by atoms with van der Waals surface area (Å²) in [5.74, 6) is 2.63. The highest BCUT2D eigenvalue weighted by Gasteiger charge is 2.22. The normalized spacial score (nSPS) is 18.4. The van der Waals surface area contributed by atoms with E-state index in [0.717, 1.165) is 66.6 Å². The van der Waals surface area contributed by atoms with Crippen LogP contribution in [0, 0.1) is 30.6 Å². The Labute approximate surface area is 213 Å². The van der Waals surface area contributed by atoms with E-state index in [1.54, 1.807) is 17.4 Å². The Morgan fingerprint density at radius 1 is 1.31 bits per heavy atom. The molecule has 0 N–H and O–H groups in total. The molecule has 0 spiro atoms. The van der Waals surface area contributed by atoms with Crippen LogP contribution in [0.3, 0.4) is 0 Å². The average Bonchev–Trinajstić information content (AvgIpc) is 3.48. The number of carbonyl (C=O) groups is 1. The second-order valence-electron chi connectivity index (χ2n) is 9.03. The maximum atomic E-state index is 10.2. The molecule has 4 rings (SSSR count). The van der Waals surface area contributed by atoms with Crippen LogP contribution in [0.1, 0.15) is 69.3 Å². The van der Waals surface area contributed by atoms with Crippen LogP contribution in [0.4, 0.5) is 0 Å². The maximum absolute atomic E-state index is 10.2. The number of allylic oxidation sites excluding steroid dienone is 5. The lowest BCUT2D eigenvalue weighted by molar-refractivity contribution is -0.118. The van der Waals surface area contributed by atoms with Crippen LogP contribution in [0.5, 0.6) is 0 Å². The highest BCUT2D eigenvalue weighted by molar-refractivity contribution is 5.97. The Balaban J connectivity index is 0.000000338. The monoisotopic (exact) mass is 482 g/mol. The Morgan fingerprint density at radius 2 is 2.11 bits per heavy atom. The molecule has 186 valence electrons. The van der Waals surface area contributed by atoms with Crippen LogP contribution in [-0.2, 0) is 11.8 Å². The molecule has 1 saturated heterocycles. The molecule has 2 aromatic rings. The molecule has 0 aromatic carbocycles. The zero-order valence-electron chi connectivity index (χ0n) is 21.7. The van der Waals surface area contributed by atoms with E-state index in [9.17, 15) is 4.79 Å². The lowest BCUT2D eigenvalue weighted by atomic mass is 9.91. The van der Waals surface area contributed by atoms with Gasteiger partial charge in [-0.05, 0) is 82.6 Å². The van der Waals surface area contributed by atoms with Gasteiger partial charge in [-0.2, -0.15) is 5.26 Å². The molecule has 2 aromatic heterocycles. The first-order valence-electron chi connectivity index (χ1n) is 12.4. The van der Waals surface area contributed by atoms with Gasteiger partial charge in [0, 0.05) is 30.8 Å². The Morgan fingerprint density at radius 3 is 2.72 bits per heavy atom. The third-order valence-electron chi connectivity index (χ3n) is 6.54. The van der Waals surface area contributed by atoms with Gasteiger partial charge in [-0.1, -0.05) is 12.0 Å². The van der Waals surface area contributed by atoms with E-state index in [2.05, 4.69) is 64.6 Å². The highest BCUT2D eigenvalue weighted by atomic mass is 16.1. The largest absolute Gasteiger partial charge is 0.329 e. The van der Waals surface area contributed by atoms with Crippen molar-refractivity contribution in [2.24, 2.45) is 12.0 Å². The molecule has 1 fully saturated rings. The van der Waals surface area contributed by atoms with E-state index >= 15 is 0 Å². The number of nitriles is 1. The average molecular weight is 483 g/mol. The number of amides is 1. The molecular weight excluding hydrogens is 448 g/mol. The zero-order chi connectivity index (χ0) is 26.1. The van der Waals surface area contributed by atoms with Crippen LogP contribution in [-0.4, -0.2) is 44.6 Å². The van der Waals surface area contributed by atoms with E-state index in [0.29, 0.717) is 5.70 Å². The summed E-state index contributed by atoms with van der Waals surface area (Å²) in [6.45, 7) is 6.73. The minimum absolute atomic E-state index is 0.150. The smallest absolute Gasteiger partial charge is 0.210 e. The molecule has 0 bridgehead atoms. The van der Waals surface area contributed by atoms with Gasteiger partial charge in [-0.25, -0.2) is 9.97 Å². The van der Waals surface area contributed by atoms with Gasteiger partial charge in [-0.3, -0.25) is 9.79 Å². The molecule has 1 unspecified atom stereocenters. The van der Waals surface area contributed by atoms with Crippen molar-refractivity contribution in [3.8, 4) is 18.4 Å². The van der Waals surface area contributed by atoms with Crippen LogP contribution < -0.4 is 0 Å². The van der Waals surface area contributed by atoms with Gasteiger partial charge < -0.3 is 9.47 Å². The zero-order valence-corrected chi connectivity index (χ0v) is 21.7. The topological polar surface area (TPSA) is 87.2 Å². The van der Waals surface area contributed by atoms with Crippen molar-refractivity contribution in [2.75, 3.05) is 6.54 Å². The molecular formula is C29H34N6O. The fourth-order valence-electron chi connectivity index (χ4n) is 4.76. The third kappa shape index (κ3) is 5.98. The molecule has 7 heteroatoms. The second kappa shape index (κ2) is 12.7. The number of rotatable bonds is 5. The molecule has 1 aliphatic heterocycles. The van der Waals surface area contributed by atoms with Crippen molar-refractivity contribution in [2.45, 2.75) is 65.3 Å². The van der Waals surface area contributed by atoms with E-state index < -0.39 is 0 Å². The number of nitrogens with zero attached hydrogens (tertiary/aromatic N) is 6. The number of aliphatic imine (C=N–C) groups is 1. The van der Waals surface area contributed by atoms with Gasteiger partial charge in [0.05, 0.1) is 17.5 Å². The molecule has 2 aliphatic rings. The summed E-state index contributed by atoms with van der Waals surface area (Å²) in [7, 11) is 2.07. The van der Waals surface area contributed by atoms with Crippen molar-refractivity contribution < 1.29 is 4.79 Å². The number of terminal acetylenes is 1. The number of aryl methyl sites for hydroxylation is 2. The Kier molecular flexibility index (Phi) is 9.36. The number of hydrogen-bond acceptors (Lipinski definition) is 5. The van der Waals surface area contributed by atoms with Gasteiger partial charge in [0.2, 0.25) is 6.41 Å². The van der Waals surface area contributed by atoms with E-state index in [4.69, 9.17) is 11.7 Å². The molecule has 1 amide bonds. The van der Waals surface area contributed by atoms with E-state index in [1.165, 1.54) is 24.0 Å². The lowest BCUT2D eigenvalue weighted by Gasteiger charge is -2.14. The Bertz CT molecular complexity index is 1310. The van der Waals surface area contributed by atoms with E-state index in [-0.39, 0.29) is 6.04 Å². The van der Waals surface area contributed by atoms with Crippen molar-refractivity contribution in [3.63, 3.8) is 0 Å². The maximum Gasteiger partial charge on any atom is 0.210 e. The summed E-state index contributed by atoms with van der Waals surface area (Å²) in [4.78, 5) is 24.9. The van der Waals surface area contributed by atoms with Crippen molar-refractivity contribution in [1.82, 2.24) is 19.4 Å². The fraction of sp³-hybridized carbons (Fsp3) is 0.414. The SMILES string of the molecule is C#C/C(=C/C(C)=C/c1c(C2=CCCCC2)c2c(C)ncnc2n1C)N=CC.N#CC1CCCN1C=O. The Hall–Kier alpha value is -3.97. The summed E-state index contributed by atoms with van der Waals surface area (Å²) in [6, 6.07) is 1.91. The third-order valence-corrected chi connectivity index (χ3v) is 6.54.